The number of hydrogen-bond donors (Lipinski definition) is 1. The van der Waals surface area contributed by atoms with E-state index in [9.17, 15) is 0 Å². The lowest BCUT2D eigenvalue weighted by Gasteiger charge is -2.39. The Balaban J connectivity index is 1.68. The second-order valence-corrected chi connectivity index (χ2v) is 8.56. The van der Waals surface area contributed by atoms with Crippen LogP contribution in [-0.4, -0.2) is 12.6 Å². The van der Waals surface area contributed by atoms with Gasteiger partial charge < -0.3 is 10.1 Å². The highest BCUT2D eigenvalue weighted by atomic mass is 79.9. The van der Waals surface area contributed by atoms with Gasteiger partial charge in [-0.3, -0.25) is 0 Å². The summed E-state index contributed by atoms with van der Waals surface area (Å²) >= 11 is 3.63. The van der Waals surface area contributed by atoms with E-state index < -0.39 is 0 Å². The van der Waals surface area contributed by atoms with Gasteiger partial charge >= 0.3 is 0 Å². The smallest absolute Gasteiger partial charge is 0.127 e. The Kier molecular flexibility index (Phi) is 4.33. The normalized spacial score (nSPS) is 27.2. The molecule has 3 heteroatoms. The van der Waals surface area contributed by atoms with Gasteiger partial charge in [0.1, 0.15) is 5.75 Å². The zero-order chi connectivity index (χ0) is 15.0. The minimum absolute atomic E-state index is 0.463. The number of hydrogen-bond acceptors (Lipinski definition) is 2. The second kappa shape index (κ2) is 5.92. The molecule has 2 aliphatic rings. The first kappa shape index (κ1) is 15.4. The lowest BCUT2D eigenvalue weighted by molar-refractivity contribution is 0.150. The Morgan fingerprint density at radius 1 is 1.33 bits per heavy atom. The maximum atomic E-state index is 5.83. The van der Waals surface area contributed by atoms with Gasteiger partial charge in [0.15, 0.2) is 0 Å². The average Bonchev–Trinajstić information content (AvgIpc) is 2.81. The molecule has 2 unspecified atom stereocenters. The maximum Gasteiger partial charge on any atom is 0.127 e. The van der Waals surface area contributed by atoms with Crippen LogP contribution in [0.2, 0.25) is 0 Å². The van der Waals surface area contributed by atoms with Gasteiger partial charge in [0, 0.05) is 29.0 Å². The Morgan fingerprint density at radius 2 is 2.14 bits per heavy atom. The number of ether oxygens (including phenoxy) is 1. The molecule has 0 saturated heterocycles. The number of rotatable bonds is 3. The number of benzene rings is 1. The van der Waals surface area contributed by atoms with E-state index in [1.54, 1.807) is 0 Å². The molecule has 1 N–H and O–H groups in total. The van der Waals surface area contributed by atoms with Crippen LogP contribution < -0.4 is 10.1 Å². The highest BCUT2D eigenvalue weighted by molar-refractivity contribution is 9.10. The van der Waals surface area contributed by atoms with Crippen LogP contribution >= 0.6 is 15.9 Å². The molecule has 1 aliphatic heterocycles. The summed E-state index contributed by atoms with van der Waals surface area (Å²) in [7, 11) is 0. The lowest BCUT2D eigenvalue weighted by Crippen LogP contribution is -2.39. The van der Waals surface area contributed by atoms with Crippen molar-refractivity contribution in [2.75, 3.05) is 6.61 Å². The molecular formula is C18H26BrNO. The monoisotopic (exact) mass is 351 g/mol. The van der Waals surface area contributed by atoms with Crippen molar-refractivity contribution >= 4 is 15.9 Å². The fourth-order valence-corrected chi connectivity index (χ4v) is 4.79. The van der Waals surface area contributed by atoms with Crippen LogP contribution in [0.15, 0.2) is 16.6 Å². The summed E-state index contributed by atoms with van der Waals surface area (Å²) in [5.41, 5.74) is 3.11. The molecule has 1 heterocycles. The number of halogens is 1. The topological polar surface area (TPSA) is 21.3 Å². The van der Waals surface area contributed by atoms with Crippen molar-refractivity contribution < 1.29 is 4.74 Å². The number of fused-ring (bicyclic) bond motifs is 1. The van der Waals surface area contributed by atoms with E-state index in [2.05, 4.69) is 54.2 Å². The quantitative estimate of drug-likeness (QED) is 0.852. The molecule has 1 aliphatic carbocycles. The molecule has 3 rings (SSSR count). The highest BCUT2D eigenvalue weighted by Gasteiger charge is 2.31. The minimum atomic E-state index is 0.463. The molecule has 0 radical (unpaired) electrons. The van der Waals surface area contributed by atoms with E-state index in [1.807, 2.05) is 0 Å². The molecule has 0 amide bonds. The van der Waals surface area contributed by atoms with Gasteiger partial charge in [-0.2, -0.15) is 0 Å². The summed E-state index contributed by atoms with van der Waals surface area (Å²) in [5.74, 6) is 1.93. The Bertz CT molecular complexity index is 526. The SMILES string of the molecule is CC1CC(NCc2cc(Br)cc3c2OCC3)CC(C)(C)C1. The summed E-state index contributed by atoms with van der Waals surface area (Å²) < 4.78 is 6.99. The van der Waals surface area contributed by atoms with E-state index in [-0.39, 0.29) is 0 Å². The van der Waals surface area contributed by atoms with Crippen LogP contribution in [0.3, 0.4) is 0 Å². The molecule has 1 aromatic carbocycles. The van der Waals surface area contributed by atoms with E-state index in [0.29, 0.717) is 11.5 Å². The molecule has 0 aromatic heterocycles. The van der Waals surface area contributed by atoms with Crippen LogP contribution in [0, 0.1) is 11.3 Å². The molecule has 1 fully saturated rings. The fraction of sp³-hybridized carbons (Fsp3) is 0.667. The van der Waals surface area contributed by atoms with Gasteiger partial charge in [0.25, 0.3) is 0 Å². The third-order valence-corrected chi connectivity index (χ3v) is 5.25. The zero-order valence-corrected chi connectivity index (χ0v) is 14.9. The van der Waals surface area contributed by atoms with Crippen molar-refractivity contribution in [1.82, 2.24) is 5.32 Å². The summed E-state index contributed by atoms with van der Waals surface area (Å²) in [5, 5.41) is 3.78. The summed E-state index contributed by atoms with van der Waals surface area (Å²) in [6, 6.07) is 5.02. The predicted molar refractivity (Wildman–Crippen MR) is 90.8 cm³/mol. The Morgan fingerprint density at radius 3 is 2.90 bits per heavy atom. The second-order valence-electron chi connectivity index (χ2n) is 7.64. The molecule has 21 heavy (non-hydrogen) atoms. The lowest BCUT2D eigenvalue weighted by atomic mass is 9.70. The summed E-state index contributed by atoms with van der Waals surface area (Å²) in [6.45, 7) is 8.92. The van der Waals surface area contributed by atoms with Crippen LogP contribution in [0.5, 0.6) is 5.75 Å². The van der Waals surface area contributed by atoms with E-state index in [1.165, 1.54) is 34.9 Å². The van der Waals surface area contributed by atoms with Crippen molar-refractivity contribution in [3.8, 4) is 5.75 Å². The van der Waals surface area contributed by atoms with Crippen LogP contribution in [-0.2, 0) is 13.0 Å². The first-order chi connectivity index (χ1) is 9.93. The molecule has 116 valence electrons. The Labute approximate surface area is 136 Å². The largest absolute Gasteiger partial charge is 0.493 e. The molecular weight excluding hydrogens is 326 g/mol. The average molecular weight is 352 g/mol. The maximum absolute atomic E-state index is 5.83. The van der Waals surface area contributed by atoms with E-state index in [0.717, 1.165) is 31.2 Å². The zero-order valence-electron chi connectivity index (χ0n) is 13.3. The molecule has 0 bridgehead atoms. The third-order valence-electron chi connectivity index (χ3n) is 4.79. The molecule has 1 aromatic rings. The number of nitrogens with one attached hydrogen (secondary N) is 1. The molecule has 2 nitrogen and oxygen atoms in total. The van der Waals surface area contributed by atoms with Crippen LogP contribution in [0.4, 0.5) is 0 Å². The van der Waals surface area contributed by atoms with Gasteiger partial charge in [-0.15, -0.1) is 0 Å². The van der Waals surface area contributed by atoms with E-state index in [4.69, 9.17) is 4.74 Å². The molecule has 2 atom stereocenters. The third kappa shape index (κ3) is 3.62. The van der Waals surface area contributed by atoms with Gasteiger partial charge in [0.05, 0.1) is 6.61 Å². The fourth-order valence-electron chi connectivity index (χ4n) is 4.23. The van der Waals surface area contributed by atoms with Crippen molar-refractivity contribution in [2.24, 2.45) is 11.3 Å². The minimum Gasteiger partial charge on any atom is -0.493 e. The Hall–Kier alpha value is -0.540. The van der Waals surface area contributed by atoms with Crippen LogP contribution in [0.1, 0.15) is 51.2 Å². The van der Waals surface area contributed by atoms with Gasteiger partial charge in [-0.1, -0.05) is 36.7 Å². The van der Waals surface area contributed by atoms with Crippen molar-refractivity contribution in [3.63, 3.8) is 0 Å². The van der Waals surface area contributed by atoms with Crippen LogP contribution in [0.25, 0.3) is 0 Å². The predicted octanol–water partition coefficient (Wildman–Crippen LogP) is 4.69. The molecule has 0 spiro atoms. The highest BCUT2D eigenvalue weighted by Crippen LogP contribution is 2.39. The first-order valence-electron chi connectivity index (χ1n) is 8.10. The van der Waals surface area contributed by atoms with Gasteiger partial charge in [-0.25, -0.2) is 0 Å². The summed E-state index contributed by atoms with van der Waals surface area (Å²) in [4.78, 5) is 0. The molecule has 1 saturated carbocycles. The van der Waals surface area contributed by atoms with E-state index >= 15 is 0 Å². The van der Waals surface area contributed by atoms with Gasteiger partial charge in [-0.05, 0) is 48.3 Å². The standard InChI is InChI=1S/C18H26BrNO/c1-12-6-16(10-18(2,3)9-12)20-11-14-8-15(19)7-13-4-5-21-17(13)14/h7-8,12,16,20H,4-6,9-11H2,1-3H3. The summed E-state index contributed by atoms with van der Waals surface area (Å²) in [6.07, 6.45) is 4.95. The van der Waals surface area contributed by atoms with Crippen molar-refractivity contribution in [3.05, 3.63) is 27.7 Å². The van der Waals surface area contributed by atoms with Crippen molar-refractivity contribution in [1.29, 1.82) is 0 Å². The van der Waals surface area contributed by atoms with Gasteiger partial charge in [0.2, 0.25) is 0 Å². The van der Waals surface area contributed by atoms with Crippen molar-refractivity contribution in [2.45, 2.75) is 59.0 Å². The first-order valence-corrected chi connectivity index (χ1v) is 8.90.